The third-order valence-electron chi connectivity index (χ3n) is 4.40. The highest BCUT2D eigenvalue weighted by molar-refractivity contribution is 9.10. The lowest BCUT2D eigenvalue weighted by Crippen LogP contribution is -2.54. The summed E-state index contributed by atoms with van der Waals surface area (Å²) in [5, 5.41) is 0.0227. The van der Waals surface area contributed by atoms with Crippen molar-refractivity contribution in [3.8, 4) is 5.75 Å². The molecule has 0 saturated carbocycles. The first-order valence-corrected chi connectivity index (χ1v) is 10.1. The van der Waals surface area contributed by atoms with Gasteiger partial charge in [0.15, 0.2) is 6.29 Å². The van der Waals surface area contributed by atoms with Gasteiger partial charge in [-0.05, 0) is 56.2 Å². The molecule has 1 fully saturated rings. The third kappa shape index (κ3) is 5.81. The second-order valence-electron chi connectivity index (χ2n) is 7.72. The SMILES string of the molecule is CN1CCN(C(=O)OC(C)(C)C)CC1CCOc1c(C=O)cc(F)c(Br)c1Cl. The molecule has 156 valence electrons. The number of benzene rings is 1. The third-order valence-corrected chi connectivity index (χ3v) is 5.76. The molecule has 0 aliphatic carbocycles. The van der Waals surface area contributed by atoms with Gasteiger partial charge in [-0.2, -0.15) is 0 Å². The van der Waals surface area contributed by atoms with Gasteiger partial charge < -0.3 is 14.4 Å². The first kappa shape index (κ1) is 22.9. The fourth-order valence-corrected chi connectivity index (χ4v) is 3.43. The van der Waals surface area contributed by atoms with Crippen molar-refractivity contribution in [3.63, 3.8) is 0 Å². The topological polar surface area (TPSA) is 59.1 Å². The number of aldehydes is 1. The van der Waals surface area contributed by atoms with Crippen LogP contribution in [0.1, 0.15) is 37.6 Å². The standard InChI is InChI=1S/C19H25BrClFN2O4/c1-19(2,3)28-18(26)24-7-6-23(4)13(10-24)5-8-27-17-12(11-25)9-14(22)15(20)16(17)21/h9,11,13H,5-8,10H2,1-4H3. The van der Waals surface area contributed by atoms with Crippen LogP contribution >= 0.6 is 27.5 Å². The summed E-state index contributed by atoms with van der Waals surface area (Å²) in [4.78, 5) is 27.4. The van der Waals surface area contributed by atoms with E-state index in [9.17, 15) is 14.0 Å². The van der Waals surface area contributed by atoms with Gasteiger partial charge in [0, 0.05) is 25.7 Å². The number of carbonyl (C=O) groups excluding carboxylic acids is 2. The van der Waals surface area contributed by atoms with Crippen molar-refractivity contribution in [1.29, 1.82) is 0 Å². The van der Waals surface area contributed by atoms with Crippen LogP contribution < -0.4 is 4.74 Å². The maximum Gasteiger partial charge on any atom is 0.410 e. The first-order chi connectivity index (χ1) is 13.0. The average molecular weight is 480 g/mol. The smallest absolute Gasteiger partial charge is 0.410 e. The number of amides is 1. The van der Waals surface area contributed by atoms with Gasteiger partial charge in [0.2, 0.25) is 0 Å². The van der Waals surface area contributed by atoms with Crippen LogP contribution in [-0.2, 0) is 4.74 Å². The van der Waals surface area contributed by atoms with Crippen LogP contribution in [0.15, 0.2) is 10.5 Å². The van der Waals surface area contributed by atoms with Gasteiger partial charge in [-0.15, -0.1) is 0 Å². The van der Waals surface area contributed by atoms with E-state index in [4.69, 9.17) is 21.1 Å². The number of ether oxygens (including phenoxy) is 2. The lowest BCUT2D eigenvalue weighted by Gasteiger charge is -2.39. The lowest BCUT2D eigenvalue weighted by atomic mass is 10.1. The molecule has 1 atom stereocenters. The van der Waals surface area contributed by atoms with Crippen molar-refractivity contribution >= 4 is 39.9 Å². The number of piperazine rings is 1. The van der Waals surface area contributed by atoms with Gasteiger partial charge in [-0.1, -0.05) is 11.6 Å². The van der Waals surface area contributed by atoms with Crippen molar-refractivity contribution in [2.45, 2.75) is 38.8 Å². The molecular weight excluding hydrogens is 455 g/mol. The zero-order valence-electron chi connectivity index (χ0n) is 16.4. The van der Waals surface area contributed by atoms with E-state index in [0.717, 1.165) is 6.07 Å². The first-order valence-electron chi connectivity index (χ1n) is 8.97. The molecule has 0 bridgehead atoms. The Morgan fingerprint density at radius 2 is 2.11 bits per heavy atom. The highest BCUT2D eigenvalue weighted by atomic mass is 79.9. The van der Waals surface area contributed by atoms with E-state index < -0.39 is 11.4 Å². The summed E-state index contributed by atoms with van der Waals surface area (Å²) >= 11 is 9.16. The van der Waals surface area contributed by atoms with Gasteiger partial charge in [-0.25, -0.2) is 9.18 Å². The van der Waals surface area contributed by atoms with Gasteiger partial charge in [0.25, 0.3) is 0 Å². The largest absolute Gasteiger partial charge is 0.491 e. The summed E-state index contributed by atoms with van der Waals surface area (Å²) in [6, 6.07) is 1.14. The number of halogens is 3. The van der Waals surface area contributed by atoms with Gasteiger partial charge in [-0.3, -0.25) is 9.69 Å². The fourth-order valence-electron chi connectivity index (χ4n) is 2.88. The maximum absolute atomic E-state index is 13.7. The molecule has 1 saturated heterocycles. The quantitative estimate of drug-likeness (QED) is 0.463. The van der Waals surface area contributed by atoms with Gasteiger partial charge in [0.05, 0.1) is 16.6 Å². The van der Waals surface area contributed by atoms with E-state index in [0.29, 0.717) is 32.3 Å². The second kappa shape index (κ2) is 9.41. The van der Waals surface area contributed by atoms with Crippen molar-refractivity contribution in [2.75, 3.05) is 33.3 Å². The highest BCUT2D eigenvalue weighted by Crippen LogP contribution is 2.37. The molecule has 9 heteroatoms. The minimum absolute atomic E-state index is 0.0227. The van der Waals surface area contributed by atoms with E-state index in [1.165, 1.54) is 0 Å². The second-order valence-corrected chi connectivity index (χ2v) is 8.89. The summed E-state index contributed by atoms with van der Waals surface area (Å²) in [5.74, 6) is -0.480. The molecule has 0 spiro atoms. The van der Waals surface area contributed by atoms with Crippen LogP contribution in [0, 0.1) is 5.82 Å². The monoisotopic (exact) mass is 478 g/mol. The lowest BCUT2D eigenvalue weighted by molar-refractivity contribution is 0.00547. The number of hydrogen-bond donors (Lipinski definition) is 0. The predicted octanol–water partition coefficient (Wildman–Crippen LogP) is 4.37. The van der Waals surface area contributed by atoms with Crippen LogP contribution in [0.5, 0.6) is 5.75 Å². The van der Waals surface area contributed by atoms with Crippen molar-refractivity contribution < 1.29 is 23.5 Å². The highest BCUT2D eigenvalue weighted by Gasteiger charge is 2.30. The molecule has 0 radical (unpaired) electrons. The van der Waals surface area contributed by atoms with Crippen LogP contribution in [0.3, 0.4) is 0 Å². The Labute approximate surface area is 178 Å². The Kier molecular flexibility index (Phi) is 7.70. The minimum Gasteiger partial charge on any atom is -0.491 e. The molecular formula is C19H25BrClFN2O4. The average Bonchev–Trinajstić information content (AvgIpc) is 2.61. The van der Waals surface area contributed by atoms with Crippen LogP contribution in [0.4, 0.5) is 9.18 Å². The zero-order chi connectivity index (χ0) is 21.1. The molecule has 1 unspecified atom stereocenters. The summed E-state index contributed by atoms with van der Waals surface area (Å²) in [6.07, 6.45) is 0.771. The van der Waals surface area contributed by atoms with Crippen LogP contribution in [0.2, 0.25) is 5.02 Å². The van der Waals surface area contributed by atoms with Crippen molar-refractivity contribution in [2.24, 2.45) is 0 Å². The molecule has 1 heterocycles. The number of nitrogens with zero attached hydrogens (tertiary/aromatic N) is 2. The van der Waals surface area contributed by atoms with Crippen molar-refractivity contribution in [1.82, 2.24) is 9.80 Å². The molecule has 2 rings (SSSR count). The Balaban J connectivity index is 1.99. The minimum atomic E-state index is -0.625. The number of rotatable bonds is 5. The molecule has 1 aromatic rings. The molecule has 0 N–H and O–H groups in total. The summed E-state index contributed by atoms with van der Waals surface area (Å²) in [7, 11) is 1.98. The van der Waals surface area contributed by atoms with E-state index in [2.05, 4.69) is 20.8 Å². The number of carbonyl (C=O) groups is 2. The normalized spacial score (nSPS) is 18.1. The van der Waals surface area contributed by atoms with Gasteiger partial charge in [0.1, 0.15) is 22.2 Å². The Morgan fingerprint density at radius 1 is 1.43 bits per heavy atom. The summed E-state index contributed by atoms with van der Waals surface area (Å²) in [5.41, 5.74) is -0.491. The molecule has 1 amide bonds. The van der Waals surface area contributed by atoms with E-state index in [1.807, 2.05) is 27.8 Å². The molecule has 0 aromatic heterocycles. The Hall–Kier alpha value is -1.38. The molecule has 1 aromatic carbocycles. The molecule has 6 nitrogen and oxygen atoms in total. The Bertz CT molecular complexity index is 742. The molecule has 1 aliphatic heterocycles. The van der Waals surface area contributed by atoms with E-state index in [-0.39, 0.29) is 39.6 Å². The zero-order valence-corrected chi connectivity index (χ0v) is 18.8. The van der Waals surface area contributed by atoms with E-state index >= 15 is 0 Å². The van der Waals surface area contributed by atoms with Crippen LogP contribution in [-0.4, -0.2) is 67.1 Å². The Morgan fingerprint density at radius 3 is 2.71 bits per heavy atom. The summed E-state index contributed by atoms with van der Waals surface area (Å²) in [6.45, 7) is 7.58. The number of likely N-dealkylation sites (N-methyl/N-ethyl adjacent to an activating group) is 1. The number of hydrogen-bond acceptors (Lipinski definition) is 5. The van der Waals surface area contributed by atoms with Crippen LogP contribution in [0.25, 0.3) is 0 Å². The predicted molar refractivity (Wildman–Crippen MR) is 109 cm³/mol. The fraction of sp³-hybridized carbons (Fsp3) is 0.579. The van der Waals surface area contributed by atoms with Crippen molar-refractivity contribution in [3.05, 3.63) is 26.9 Å². The van der Waals surface area contributed by atoms with Gasteiger partial charge >= 0.3 is 6.09 Å². The summed E-state index contributed by atoms with van der Waals surface area (Å²) < 4.78 is 24.9. The molecule has 28 heavy (non-hydrogen) atoms. The molecule has 1 aliphatic rings. The van der Waals surface area contributed by atoms with E-state index in [1.54, 1.807) is 4.90 Å². The maximum atomic E-state index is 13.7.